The first kappa shape index (κ1) is 13.6. The molecule has 0 aliphatic carbocycles. The Kier molecular flexibility index (Phi) is 3.18. The number of carbonyl (C=O) groups is 1. The van der Waals surface area contributed by atoms with Gasteiger partial charge < -0.3 is 5.11 Å². The fraction of sp³-hybridized carbons (Fsp3) is 0.125. The highest BCUT2D eigenvalue weighted by Crippen LogP contribution is 2.28. The van der Waals surface area contributed by atoms with Crippen LogP contribution in [0.2, 0.25) is 5.02 Å². The summed E-state index contributed by atoms with van der Waals surface area (Å²) in [5.41, 5.74) is 3.65. The molecule has 2 aromatic carbocycles. The fourth-order valence-corrected chi connectivity index (χ4v) is 2.63. The molecule has 0 radical (unpaired) electrons. The number of nitrogens with zero attached hydrogens (tertiary/aromatic N) is 2. The topological polar surface area (TPSA) is 55.1 Å². The SMILES string of the molecule is Cc1ccc(Cl)c(-n2c(C)nc3cc(C(=O)O)ccc32)c1. The molecule has 1 heterocycles. The van der Waals surface area contributed by atoms with Crippen molar-refractivity contribution in [3.8, 4) is 5.69 Å². The van der Waals surface area contributed by atoms with Gasteiger partial charge in [0.05, 0.1) is 27.3 Å². The average molecular weight is 301 g/mol. The molecule has 1 N–H and O–H groups in total. The summed E-state index contributed by atoms with van der Waals surface area (Å²) >= 11 is 6.30. The van der Waals surface area contributed by atoms with Crippen molar-refractivity contribution in [3.63, 3.8) is 0 Å². The summed E-state index contributed by atoms with van der Waals surface area (Å²) in [6.07, 6.45) is 0. The van der Waals surface area contributed by atoms with Crippen molar-refractivity contribution >= 4 is 28.6 Å². The van der Waals surface area contributed by atoms with Crippen molar-refractivity contribution in [2.24, 2.45) is 0 Å². The lowest BCUT2D eigenvalue weighted by molar-refractivity contribution is 0.0697. The molecule has 106 valence electrons. The summed E-state index contributed by atoms with van der Waals surface area (Å²) in [5.74, 6) is -0.197. The number of hydrogen-bond donors (Lipinski definition) is 1. The number of fused-ring (bicyclic) bond motifs is 1. The quantitative estimate of drug-likeness (QED) is 0.778. The first-order valence-electron chi connectivity index (χ1n) is 6.46. The third kappa shape index (κ3) is 2.28. The van der Waals surface area contributed by atoms with Crippen LogP contribution in [0.4, 0.5) is 0 Å². The van der Waals surface area contributed by atoms with Crippen LogP contribution in [0.1, 0.15) is 21.7 Å². The number of benzene rings is 2. The van der Waals surface area contributed by atoms with Crippen LogP contribution in [0.25, 0.3) is 16.7 Å². The molecule has 0 saturated heterocycles. The summed E-state index contributed by atoms with van der Waals surface area (Å²) in [4.78, 5) is 15.5. The molecule has 5 heteroatoms. The lowest BCUT2D eigenvalue weighted by Crippen LogP contribution is -1.99. The van der Waals surface area contributed by atoms with Gasteiger partial charge in [-0.25, -0.2) is 9.78 Å². The Morgan fingerprint density at radius 2 is 1.95 bits per heavy atom. The van der Waals surface area contributed by atoms with Crippen LogP contribution in [0, 0.1) is 13.8 Å². The van der Waals surface area contributed by atoms with E-state index < -0.39 is 5.97 Å². The van der Waals surface area contributed by atoms with E-state index in [9.17, 15) is 4.79 Å². The van der Waals surface area contributed by atoms with Gasteiger partial charge >= 0.3 is 5.97 Å². The van der Waals surface area contributed by atoms with Crippen molar-refractivity contribution in [3.05, 3.63) is 58.4 Å². The largest absolute Gasteiger partial charge is 0.478 e. The third-order valence-electron chi connectivity index (χ3n) is 3.41. The number of aromatic nitrogens is 2. The van der Waals surface area contributed by atoms with Gasteiger partial charge in [-0.15, -0.1) is 0 Å². The van der Waals surface area contributed by atoms with E-state index in [-0.39, 0.29) is 5.56 Å². The molecule has 0 aliphatic heterocycles. The summed E-state index contributed by atoms with van der Waals surface area (Å²) in [7, 11) is 0. The number of aryl methyl sites for hydroxylation is 2. The Balaban J connectivity index is 2.30. The van der Waals surface area contributed by atoms with Crippen molar-refractivity contribution in [2.75, 3.05) is 0 Å². The van der Waals surface area contributed by atoms with Crippen LogP contribution in [0.15, 0.2) is 36.4 Å². The Hall–Kier alpha value is -2.33. The van der Waals surface area contributed by atoms with E-state index in [1.54, 1.807) is 18.2 Å². The predicted octanol–water partition coefficient (Wildman–Crippen LogP) is 3.99. The van der Waals surface area contributed by atoms with Gasteiger partial charge in [0, 0.05) is 0 Å². The Bertz CT molecular complexity index is 868. The van der Waals surface area contributed by atoms with Crippen LogP contribution >= 0.6 is 11.6 Å². The van der Waals surface area contributed by atoms with E-state index in [0.717, 1.165) is 22.6 Å². The molecule has 3 rings (SSSR count). The number of carboxylic acids is 1. The van der Waals surface area contributed by atoms with Gasteiger partial charge in [0.1, 0.15) is 5.82 Å². The van der Waals surface area contributed by atoms with E-state index in [4.69, 9.17) is 16.7 Å². The lowest BCUT2D eigenvalue weighted by atomic mass is 10.2. The number of hydrogen-bond acceptors (Lipinski definition) is 2. The zero-order valence-corrected chi connectivity index (χ0v) is 12.3. The minimum absolute atomic E-state index is 0.225. The van der Waals surface area contributed by atoms with Crippen LogP contribution in [-0.4, -0.2) is 20.6 Å². The maximum Gasteiger partial charge on any atom is 0.335 e. The summed E-state index contributed by atoms with van der Waals surface area (Å²) in [6.45, 7) is 3.87. The van der Waals surface area contributed by atoms with Gasteiger partial charge in [-0.2, -0.15) is 0 Å². The number of halogens is 1. The van der Waals surface area contributed by atoms with Gasteiger partial charge in [0.15, 0.2) is 0 Å². The molecule has 0 saturated carbocycles. The fourth-order valence-electron chi connectivity index (χ4n) is 2.43. The van der Waals surface area contributed by atoms with E-state index in [0.29, 0.717) is 10.5 Å². The first-order chi connectivity index (χ1) is 9.97. The van der Waals surface area contributed by atoms with Gasteiger partial charge in [0.25, 0.3) is 0 Å². The molecular formula is C16H13ClN2O2. The molecule has 0 fully saturated rings. The molecule has 0 aliphatic rings. The molecule has 1 aromatic heterocycles. The highest BCUT2D eigenvalue weighted by molar-refractivity contribution is 6.32. The van der Waals surface area contributed by atoms with Crippen molar-refractivity contribution in [2.45, 2.75) is 13.8 Å². The van der Waals surface area contributed by atoms with Crippen molar-refractivity contribution < 1.29 is 9.90 Å². The second-order valence-electron chi connectivity index (χ2n) is 4.96. The molecular weight excluding hydrogens is 288 g/mol. The van der Waals surface area contributed by atoms with E-state index in [1.165, 1.54) is 0 Å². The van der Waals surface area contributed by atoms with Gasteiger partial charge in [-0.1, -0.05) is 17.7 Å². The minimum Gasteiger partial charge on any atom is -0.478 e. The second-order valence-corrected chi connectivity index (χ2v) is 5.37. The van der Waals surface area contributed by atoms with Gasteiger partial charge in [-0.05, 0) is 49.7 Å². The smallest absolute Gasteiger partial charge is 0.335 e. The Morgan fingerprint density at radius 3 is 2.67 bits per heavy atom. The first-order valence-corrected chi connectivity index (χ1v) is 6.84. The summed E-state index contributed by atoms with van der Waals surface area (Å²) in [6, 6.07) is 10.7. The number of aromatic carboxylic acids is 1. The maximum absolute atomic E-state index is 11.0. The zero-order chi connectivity index (χ0) is 15.1. The molecule has 21 heavy (non-hydrogen) atoms. The Labute approximate surface area is 126 Å². The lowest BCUT2D eigenvalue weighted by Gasteiger charge is -2.10. The maximum atomic E-state index is 11.0. The normalized spacial score (nSPS) is 11.0. The van der Waals surface area contributed by atoms with Crippen molar-refractivity contribution in [1.82, 2.24) is 9.55 Å². The molecule has 0 bridgehead atoms. The molecule has 4 nitrogen and oxygen atoms in total. The second kappa shape index (κ2) is 4.90. The van der Waals surface area contributed by atoms with Crippen LogP contribution in [0.3, 0.4) is 0 Å². The number of carboxylic acid groups (broad SMARTS) is 1. The number of rotatable bonds is 2. The van der Waals surface area contributed by atoms with Gasteiger partial charge in [-0.3, -0.25) is 4.57 Å². The standard InChI is InChI=1S/C16H13ClN2O2/c1-9-3-5-12(17)15(7-9)19-10(2)18-13-8-11(16(20)21)4-6-14(13)19/h3-8H,1-2H3,(H,20,21). The third-order valence-corrected chi connectivity index (χ3v) is 3.73. The number of imidazole rings is 1. The summed E-state index contributed by atoms with van der Waals surface area (Å²) in [5, 5.41) is 9.69. The molecule has 0 amide bonds. The monoisotopic (exact) mass is 300 g/mol. The van der Waals surface area contributed by atoms with Crippen LogP contribution in [0.5, 0.6) is 0 Å². The predicted molar refractivity (Wildman–Crippen MR) is 82.5 cm³/mol. The molecule has 0 unspecified atom stereocenters. The van der Waals surface area contributed by atoms with Crippen LogP contribution < -0.4 is 0 Å². The molecule has 0 atom stereocenters. The van der Waals surface area contributed by atoms with Gasteiger partial charge in [0.2, 0.25) is 0 Å². The Morgan fingerprint density at radius 1 is 1.19 bits per heavy atom. The zero-order valence-electron chi connectivity index (χ0n) is 11.6. The average Bonchev–Trinajstić information content (AvgIpc) is 2.76. The minimum atomic E-state index is -0.960. The van der Waals surface area contributed by atoms with Crippen LogP contribution in [-0.2, 0) is 0 Å². The van der Waals surface area contributed by atoms with E-state index >= 15 is 0 Å². The molecule has 0 spiro atoms. The highest BCUT2D eigenvalue weighted by atomic mass is 35.5. The van der Waals surface area contributed by atoms with Crippen molar-refractivity contribution in [1.29, 1.82) is 0 Å². The summed E-state index contributed by atoms with van der Waals surface area (Å²) < 4.78 is 1.94. The van der Waals surface area contributed by atoms with E-state index in [1.807, 2.05) is 36.6 Å². The molecule has 3 aromatic rings. The van der Waals surface area contributed by atoms with E-state index in [2.05, 4.69) is 4.98 Å². The highest BCUT2D eigenvalue weighted by Gasteiger charge is 2.14.